The highest BCUT2D eigenvalue weighted by Gasteiger charge is 2.24. The monoisotopic (exact) mass is 629 g/mol. The maximum Gasteiger partial charge on any atom is 0.253 e. The third-order valence-electron chi connectivity index (χ3n) is 8.50. The zero-order valence-corrected chi connectivity index (χ0v) is 26.4. The number of fused-ring (bicyclic) bond motifs is 1. The number of imidazole rings is 1. The Bertz CT molecular complexity index is 1690. The molecule has 228 valence electrons. The Morgan fingerprint density at radius 1 is 0.955 bits per heavy atom. The number of rotatable bonds is 10. The number of benzene rings is 3. The first-order valence-electron chi connectivity index (χ1n) is 15.2. The van der Waals surface area contributed by atoms with Crippen molar-refractivity contribution in [2.45, 2.75) is 25.3 Å². The van der Waals surface area contributed by atoms with Crippen LogP contribution in [0.2, 0.25) is 10.0 Å². The van der Waals surface area contributed by atoms with Crippen LogP contribution < -0.4 is 4.90 Å². The number of anilines is 1. The summed E-state index contributed by atoms with van der Waals surface area (Å²) in [7, 11) is 1.87. The molecule has 0 radical (unpaired) electrons. The lowest BCUT2D eigenvalue weighted by molar-refractivity contribution is 0.0782. The van der Waals surface area contributed by atoms with E-state index < -0.39 is 0 Å². The largest absolute Gasteiger partial charge is 0.472 e. The normalized spacial score (nSPS) is 14.9. The van der Waals surface area contributed by atoms with Gasteiger partial charge in [-0.1, -0.05) is 59.6 Å². The summed E-state index contributed by atoms with van der Waals surface area (Å²) in [6.07, 6.45) is 5.46. The minimum absolute atomic E-state index is 0.0133. The van der Waals surface area contributed by atoms with E-state index in [-0.39, 0.29) is 11.8 Å². The quantitative estimate of drug-likeness (QED) is 0.161. The average molecular weight is 631 g/mol. The molecule has 1 atom stereocenters. The Morgan fingerprint density at radius 2 is 1.77 bits per heavy atom. The lowest BCUT2D eigenvalue weighted by Crippen LogP contribution is -2.35. The lowest BCUT2D eigenvalue weighted by Gasteiger charge is -2.28. The topological polar surface area (TPSA) is 57.8 Å². The van der Waals surface area contributed by atoms with E-state index in [2.05, 4.69) is 32.6 Å². The zero-order valence-electron chi connectivity index (χ0n) is 24.9. The Morgan fingerprint density at radius 3 is 2.57 bits per heavy atom. The molecule has 5 aromatic rings. The van der Waals surface area contributed by atoms with Crippen LogP contribution in [0.4, 0.5) is 5.95 Å². The van der Waals surface area contributed by atoms with E-state index in [1.54, 1.807) is 12.5 Å². The van der Waals surface area contributed by atoms with E-state index in [1.165, 1.54) is 0 Å². The van der Waals surface area contributed by atoms with Gasteiger partial charge in [-0.3, -0.25) is 4.79 Å². The first kappa shape index (κ1) is 30.3. The molecule has 1 aliphatic heterocycles. The van der Waals surface area contributed by atoms with Gasteiger partial charge in [0.05, 0.1) is 40.1 Å². The Hall–Kier alpha value is -3.78. The molecule has 9 heteroatoms. The van der Waals surface area contributed by atoms with Crippen LogP contribution in [0.5, 0.6) is 0 Å². The van der Waals surface area contributed by atoms with Gasteiger partial charge in [0, 0.05) is 50.3 Å². The van der Waals surface area contributed by atoms with Gasteiger partial charge in [0.25, 0.3) is 5.91 Å². The highest BCUT2D eigenvalue weighted by atomic mass is 35.5. The first-order chi connectivity index (χ1) is 21.5. The standard InChI is InChI=1S/C35H37Cl2N5O2/c1-39(34(43)27-8-3-2-4-9-27)24-29(28-12-13-30(36)31(37)22-28)14-18-40-16-7-17-41(20-19-40)35-38-32-10-5-6-11-33(32)42(35)23-26-15-21-44-25-26/h2-6,8-13,15,21-22,25,29H,7,14,16-20,23-24H2,1H3. The Balaban J connectivity index is 1.15. The summed E-state index contributed by atoms with van der Waals surface area (Å²) in [6.45, 7) is 5.98. The predicted molar refractivity (Wildman–Crippen MR) is 178 cm³/mol. The molecule has 1 fully saturated rings. The van der Waals surface area contributed by atoms with Gasteiger partial charge in [-0.25, -0.2) is 4.98 Å². The Labute approximate surface area is 268 Å². The number of carbonyl (C=O) groups excluding carboxylic acids is 1. The van der Waals surface area contributed by atoms with Crippen molar-refractivity contribution in [1.82, 2.24) is 19.4 Å². The van der Waals surface area contributed by atoms with Crippen LogP contribution in [0.15, 0.2) is 95.8 Å². The SMILES string of the molecule is CN(CC(CCN1CCCN(c2nc3ccccc3n2Cc2ccoc2)CC1)c1ccc(Cl)c(Cl)c1)C(=O)c1ccccc1. The van der Waals surface area contributed by atoms with Crippen molar-refractivity contribution in [3.8, 4) is 0 Å². The van der Waals surface area contributed by atoms with Crippen molar-refractivity contribution in [2.24, 2.45) is 0 Å². The van der Waals surface area contributed by atoms with E-state index in [4.69, 9.17) is 32.6 Å². The summed E-state index contributed by atoms with van der Waals surface area (Å²) in [4.78, 5) is 25.0. The van der Waals surface area contributed by atoms with Crippen molar-refractivity contribution in [1.29, 1.82) is 0 Å². The molecule has 0 spiro atoms. The number of hydrogen-bond acceptors (Lipinski definition) is 5. The van der Waals surface area contributed by atoms with Crippen molar-refractivity contribution in [2.75, 3.05) is 51.2 Å². The maximum absolute atomic E-state index is 13.2. The van der Waals surface area contributed by atoms with Gasteiger partial charge in [-0.2, -0.15) is 0 Å². The molecular weight excluding hydrogens is 593 g/mol. The summed E-state index contributed by atoms with van der Waals surface area (Å²) in [5.41, 5.74) is 5.04. The van der Waals surface area contributed by atoms with Crippen LogP contribution in [-0.4, -0.2) is 71.6 Å². The van der Waals surface area contributed by atoms with Gasteiger partial charge >= 0.3 is 0 Å². The van der Waals surface area contributed by atoms with Crippen molar-refractivity contribution >= 4 is 46.1 Å². The summed E-state index contributed by atoms with van der Waals surface area (Å²) in [5, 5.41) is 1.07. The molecule has 0 N–H and O–H groups in total. The molecule has 44 heavy (non-hydrogen) atoms. The van der Waals surface area contributed by atoms with Gasteiger partial charge in [-0.15, -0.1) is 0 Å². The van der Waals surface area contributed by atoms with Crippen LogP contribution in [0.25, 0.3) is 11.0 Å². The Kier molecular flexibility index (Phi) is 9.55. The number of aromatic nitrogens is 2. The molecule has 0 bridgehead atoms. The third-order valence-corrected chi connectivity index (χ3v) is 9.24. The molecule has 6 rings (SSSR count). The number of amides is 1. The molecule has 1 amide bonds. The van der Waals surface area contributed by atoms with Crippen LogP contribution in [-0.2, 0) is 6.54 Å². The summed E-state index contributed by atoms with van der Waals surface area (Å²) >= 11 is 12.7. The van der Waals surface area contributed by atoms with Crippen molar-refractivity contribution < 1.29 is 9.21 Å². The van der Waals surface area contributed by atoms with E-state index >= 15 is 0 Å². The van der Waals surface area contributed by atoms with Crippen LogP contribution in [0.3, 0.4) is 0 Å². The van der Waals surface area contributed by atoms with E-state index in [1.807, 2.05) is 72.6 Å². The summed E-state index contributed by atoms with van der Waals surface area (Å²) in [6, 6.07) is 25.6. The molecule has 1 saturated heterocycles. The van der Waals surface area contributed by atoms with Gasteiger partial charge in [-0.05, 0) is 74.0 Å². The fourth-order valence-corrected chi connectivity index (χ4v) is 6.41. The summed E-state index contributed by atoms with van der Waals surface area (Å²) in [5.74, 6) is 1.13. The predicted octanol–water partition coefficient (Wildman–Crippen LogP) is 7.44. The second kappa shape index (κ2) is 13.9. The number of likely N-dealkylation sites (N-methyl/N-ethyl adjacent to an activating group) is 1. The molecule has 1 aliphatic rings. The summed E-state index contributed by atoms with van der Waals surface area (Å²) < 4.78 is 7.66. The maximum atomic E-state index is 13.2. The van der Waals surface area contributed by atoms with E-state index in [0.717, 1.165) is 73.7 Å². The number of furan rings is 1. The van der Waals surface area contributed by atoms with Crippen LogP contribution >= 0.6 is 23.2 Å². The number of hydrogen-bond donors (Lipinski definition) is 0. The molecule has 2 aromatic heterocycles. The highest BCUT2D eigenvalue weighted by Crippen LogP contribution is 2.30. The van der Waals surface area contributed by atoms with Gasteiger partial charge in [0.1, 0.15) is 0 Å². The molecule has 1 unspecified atom stereocenters. The van der Waals surface area contributed by atoms with Gasteiger partial charge < -0.3 is 23.7 Å². The number of carbonyl (C=O) groups is 1. The second-order valence-electron chi connectivity index (χ2n) is 11.5. The minimum Gasteiger partial charge on any atom is -0.472 e. The fourth-order valence-electron chi connectivity index (χ4n) is 6.10. The lowest BCUT2D eigenvalue weighted by atomic mass is 9.94. The smallest absolute Gasteiger partial charge is 0.253 e. The molecule has 3 heterocycles. The van der Waals surface area contributed by atoms with Gasteiger partial charge in [0.15, 0.2) is 0 Å². The molecular formula is C35H37Cl2N5O2. The van der Waals surface area contributed by atoms with Gasteiger partial charge in [0.2, 0.25) is 5.95 Å². The number of halogens is 2. The van der Waals surface area contributed by atoms with E-state index in [9.17, 15) is 4.79 Å². The van der Waals surface area contributed by atoms with Crippen molar-refractivity contribution in [3.63, 3.8) is 0 Å². The van der Waals surface area contributed by atoms with Crippen LogP contribution in [0, 0.1) is 0 Å². The zero-order chi connectivity index (χ0) is 30.5. The molecule has 0 saturated carbocycles. The van der Waals surface area contributed by atoms with Crippen molar-refractivity contribution in [3.05, 3.63) is 118 Å². The number of para-hydroxylation sites is 2. The first-order valence-corrected chi connectivity index (χ1v) is 15.9. The second-order valence-corrected chi connectivity index (χ2v) is 12.3. The van der Waals surface area contributed by atoms with E-state index in [0.29, 0.717) is 28.7 Å². The molecule has 3 aromatic carbocycles. The molecule has 0 aliphatic carbocycles. The number of nitrogens with zero attached hydrogens (tertiary/aromatic N) is 5. The highest BCUT2D eigenvalue weighted by molar-refractivity contribution is 6.42. The molecule has 7 nitrogen and oxygen atoms in total. The fraction of sp³-hybridized carbons (Fsp3) is 0.314. The average Bonchev–Trinajstić information content (AvgIpc) is 3.63. The van der Waals surface area contributed by atoms with Crippen LogP contribution in [0.1, 0.15) is 40.2 Å². The third kappa shape index (κ3) is 6.96. The minimum atomic E-state index is 0.0133.